The third-order valence-electron chi connectivity index (χ3n) is 3.14. The molecule has 0 N–H and O–H groups in total. The maximum absolute atomic E-state index is 12.0. The van der Waals surface area contributed by atoms with Crippen LogP contribution in [0.3, 0.4) is 0 Å². The quantitative estimate of drug-likeness (QED) is 0.523. The van der Waals surface area contributed by atoms with Crippen LogP contribution in [-0.2, 0) is 0 Å². The number of para-hydroxylation sites is 1. The van der Waals surface area contributed by atoms with Crippen LogP contribution in [0.5, 0.6) is 0 Å². The average Bonchev–Trinajstić information content (AvgIpc) is 2.53. The number of allylic oxidation sites excluding steroid dienone is 1. The van der Waals surface area contributed by atoms with Gasteiger partial charge in [-0.3, -0.25) is 9.78 Å². The van der Waals surface area contributed by atoms with Crippen molar-refractivity contribution < 1.29 is 4.79 Å². The number of aromatic nitrogens is 1. The van der Waals surface area contributed by atoms with E-state index in [0.717, 1.165) is 16.5 Å². The second-order valence-electron chi connectivity index (χ2n) is 4.49. The monoisotopic (exact) mass is 259 g/mol. The molecular formula is C18H13NO. The molecule has 96 valence electrons. The van der Waals surface area contributed by atoms with Crippen LogP contribution in [0.1, 0.15) is 15.9 Å². The molecule has 0 radical (unpaired) electrons. The van der Waals surface area contributed by atoms with Crippen molar-refractivity contribution in [1.29, 1.82) is 0 Å². The summed E-state index contributed by atoms with van der Waals surface area (Å²) in [5, 5.41) is 1.07. The fourth-order valence-electron chi connectivity index (χ4n) is 2.13. The van der Waals surface area contributed by atoms with Gasteiger partial charge in [-0.1, -0.05) is 54.6 Å². The summed E-state index contributed by atoms with van der Waals surface area (Å²) in [6.45, 7) is 0. The standard InChI is InChI=1S/C18H13NO/c20-17(14-6-2-1-3-7-14)12-11-16-9-4-8-15-10-5-13-19-18(15)16/h1-13H/b12-11+. The Bertz CT molecular complexity index is 770. The van der Waals surface area contributed by atoms with E-state index in [9.17, 15) is 4.79 Å². The lowest BCUT2D eigenvalue weighted by molar-refractivity contribution is 0.104. The van der Waals surface area contributed by atoms with Gasteiger partial charge in [0.2, 0.25) is 0 Å². The smallest absolute Gasteiger partial charge is 0.185 e. The van der Waals surface area contributed by atoms with Crippen LogP contribution in [0.15, 0.2) is 72.9 Å². The molecule has 3 aromatic rings. The Balaban J connectivity index is 1.94. The Morgan fingerprint density at radius 3 is 2.55 bits per heavy atom. The number of nitrogens with zero attached hydrogens (tertiary/aromatic N) is 1. The molecule has 0 atom stereocenters. The topological polar surface area (TPSA) is 30.0 Å². The summed E-state index contributed by atoms with van der Waals surface area (Å²) < 4.78 is 0. The van der Waals surface area contributed by atoms with E-state index in [1.807, 2.05) is 66.7 Å². The van der Waals surface area contributed by atoms with Gasteiger partial charge in [0, 0.05) is 22.7 Å². The van der Waals surface area contributed by atoms with Crippen molar-refractivity contribution in [1.82, 2.24) is 4.98 Å². The Morgan fingerprint density at radius 2 is 1.70 bits per heavy atom. The van der Waals surface area contributed by atoms with Crippen LogP contribution in [-0.4, -0.2) is 10.8 Å². The molecule has 2 heteroatoms. The molecule has 20 heavy (non-hydrogen) atoms. The number of benzene rings is 2. The number of carbonyl (C=O) groups is 1. The number of pyridine rings is 1. The molecule has 0 aliphatic rings. The fraction of sp³-hybridized carbons (Fsp3) is 0. The largest absolute Gasteiger partial charge is 0.289 e. The highest BCUT2D eigenvalue weighted by atomic mass is 16.1. The minimum atomic E-state index is -0.00136. The molecule has 0 saturated heterocycles. The van der Waals surface area contributed by atoms with E-state index >= 15 is 0 Å². The molecule has 0 aliphatic heterocycles. The zero-order chi connectivity index (χ0) is 13.8. The first-order valence-electron chi connectivity index (χ1n) is 6.46. The van der Waals surface area contributed by atoms with Crippen LogP contribution in [0, 0.1) is 0 Å². The lowest BCUT2D eigenvalue weighted by Gasteiger charge is -2.00. The van der Waals surface area contributed by atoms with E-state index < -0.39 is 0 Å². The molecule has 0 spiro atoms. The van der Waals surface area contributed by atoms with Gasteiger partial charge < -0.3 is 0 Å². The lowest BCUT2D eigenvalue weighted by atomic mass is 10.1. The fourth-order valence-corrected chi connectivity index (χ4v) is 2.13. The molecule has 0 aliphatic carbocycles. The summed E-state index contributed by atoms with van der Waals surface area (Å²) in [4.78, 5) is 16.4. The number of carbonyl (C=O) groups excluding carboxylic acids is 1. The number of hydrogen-bond donors (Lipinski definition) is 0. The number of fused-ring (bicyclic) bond motifs is 1. The maximum atomic E-state index is 12.0. The van der Waals surface area contributed by atoms with Gasteiger partial charge >= 0.3 is 0 Å². The second-order valence-corrected chi connectivity index (χ2v) is 4.49. The van der Waals surface area contributed by atoms with Gasteiger partial charge in [0.05, 0.1) is 5.52 Å². The zero-order valence-corrected chi connectivity index (χ0v) is 10.9. The van der Waals surface area contributed by atoms with Crippen molar-refractivity contribution in [3.05, 3.63) is 84.1 Å². The molecule has 0 amide bonds. The average molecular weight is 259 g/mol. The SMILES string of the molecule is O=C(/C=C/c1cccc2cccnc12)c1ccccc1. The van der Waals surface area contributed by atoms with Crippen molar-refractivity contribution in [2.24, 2.45) is 0 Å². The number of ketones is 1. The van der Waals surface area contributed by atoms with Gasteiger partial charge in [0.15, 0.2) is 5.78 Å². The summed E-state index contributed by atoms with van der Waals surface area (Å²) >= 11 is 0. The Kier molecular flexibility index (Phi) is 3.38. The number of hydrogen-bond acceptors (Lipinski definition) is 2. The van der Waals surface area contributed by atoms with Gasteiger partial charge in [-0.05, 0) is 18.2 Å². The minimum Gasteiger partial charge on any atom is -0.289 e. The molecule has 1 heterocycles. The van der Waals surface area contributed by atoms with E-state index in [0.29, 0.717) is 5.56 Å². The third kappa shape index (κ3) is 2.50. The van der Waals surface area contributed by atoms with Gasteiger partial charge in [0.25, 0.3) is 0 Å². The molecule has 3 rings (SSSR count). The molecule has 0 unspecified atom stereocenters. The van der Waals surface area contributed by atoms with E-state index in [-0.39, 0.29) is 5.78 Å². The summed E-state index contributed by atoms with van der Waals surface area (Å²) in [6.07, 6.45) is 5.18. The molecule has 0 bridgehead atoms. The van der Waals surface area contributed by atoms with Crippen LogP contribution < -0.4 is 0 Å². The molecular weight excluding hydrogens is 246 g/mol. The molecule has 2 nitrogen and oxygen atoms in total. The number of rotatable bonds is 3. The highest BCUT2D eigenvalue weighted by Gasteiger charge is 2.01. The van der Waals surface area contributed by atoms with Gasteiger partial charge in [0.1, 0.15) is 0 Å². The molecule has 0 saturated carbocycles. The van der Waals surface area contributed by atoms with E-state index in [1.165, 1.54) is 0 Å². The van der Waals surface area contributed by atoms with Gasteiger partial charge in [-0.25, -0.2) is 0 Å². The highest BCUT2D eigenvalue weighted by molar-refractivity contribution is 6.07. The van der Waals surface area contributed by atoms with Crippen molar-refractivity contribution >= 4 is 22.8 Å². The van der Waals surface area contributed by atoms with Crippen LogP contribution in [0.2, 0.25) is 0 Å². The Labute approximate surface area is 117 Å². The maximum Gasteiger partial charge on any atom is 0.185 e. The van der Waals surface area contributed by atoms with Crippen molar-refractivity contribution in [2.45, 2.75) is 0 Å². The predicted molar refractivity (Wildman–Crippen MR) is 81.5 cm³/mol. The minimum absolute atomic E-state index is 0.00136. The normalized spacial score (nSPS) is 11.0. The first-order chi connectivity index (χ1) is 9.84. The molecule has 2 aromatic carbocycles. The predicted octanol–water partition coefficient (Wildman–Crippen LogP) is 4.13. The highest BCUT2D eigenvalue weighted by Crippen LogP contribution is 2.17. The first kappa shape index (κ1) is 12.3. The first-order valence-corrected chi connectivity index (χ1v) is 6.46. The second kappa shape index (κ2) is 5.49. The van der Waals surface area contributed by atoms with Crippen molar-refractivity contribution in [3.63, 3.8) is 0 Å². The Hall–Kier alpha value is -2.74. The molecule has 1 aromatic heterocycles. The summed E-state index contributed by atoms with van der Waals surface area (Å²) in [5.74, 6) is -0.00136. The molecule has 0 fully saturated rings. The van der Waals surface area contributed by atoms with E-state index in [2.05, 4.69) is 4.98 Å². The van der Waals surface area contributed by atoms with Crippen LogP contribution in [0.4, 0.5) is 0 Å². The van der Waals surface area contributed by atoms with E-state index in [1.54, 1.807) is 12.3 Å². The van der Waals surface area contributed by atoms with Crippen molar-refractivity contribution in [2.75, 3.05) is 0 Å². The Morgan fingerprint density at radius 1 is 0.900 bits per heavy atom. The van der Waals surface area contributed by atoms with Crippen molar-refractivity contribution in [3.8, 4) is 0 Å². The summed E-state index contributed by atoms with van der Waals surface area (Å²) in [6, 6.07) is 19.1. The van der Waals surface area contributed by atoms with Crippen LogP contribution >= 0.6 is 0 Å². The zero-order valence-electron chi connectivity index (χ0n) is 10.9. The summed E-state index contributed by atoms with van der Waals surface area (Å²) in [5.41, 5.74) is 2.55. The third-order valence-corrected chi connectivity index (χ3v) is 3.14. The summed E-state index contributed by atoms with van der Waals surface area (Å²) in [7, 11) is 0. The van der Waals surface area contributed by atoms with Gasteiger partial charge in [-0.2, -0.15) is 0 Å². The van der Waals surface area contributed by atoms with Gasteiger partial charge in [-0.15, -0.1) is 0 Å². The van der Waals surface area contributed by atoms with E-state index in [4.69, 9.17) is 0 Å². The lowest BCUT2D eigenvalue weighted by Crippen LogP contribution is -1.93. The van der Waals surface area contributed by atoms with Crippen LogP contribution in [0.25, 0.3) is 17.0 Å².